The summed E-state index contributed by atoms with van der Waals surface area (Å²) in [6, 6.07) is 6.41. The van der Waals surface area contributed by atoms with Crippen LogP contribution in [0, 0.1) is 5.92 Å². The average molecular weight is 335 g/mol. The highest BCUT2D eigenvalue weighted by molar-refractivity contribution is 5.36. The van der Waals surface area contributed by atoms with Crippen molar-refractivity contribution < 1.29 is 0 Å². The predicted octanol–water partition coefficient (Wildman–Crippen LogP) is 2.16. The molecular weight excluding hydrogens is 314 g/mol. The van der Waals surface area contributed by atoms with Gasteiger partial charge in [-0.2, -0.15) is 5.10 Å². The smallest absolute Gasteiger partial charge is 0.173 e. The molecule has 0 spiro atoms. The van der Waals surface area contributed by atoms with Gasteiger partial charge in [0, 0.05) is 37.4 Å². The van der Waals surface area contributed by atoms with E-state index in [9.17, 15) is 0 Å². The van der Waals surface area contributed by atoms with E-state index in [1.807, 2.05) is 30.7 Å². The number of hydrogen-bond donors (Lipinski definition) is 1. The van der Waals surface area contributed by atoms with Crippen LogP contribution in [0.15, 0.2) is 55.4 Å². The monoisotopic (exact) mass is 335 g/mol. The van der Waals surface area contributed by atoms with Crippen LogP contribution in [0.3, 0.4) is 0 Å². The highest BCUT2D eigenvalue weighted by Crippen LogP contribution is 2.35. The lowest BCUT2D eigenvalue weighted by Gasteiger charge is -2.25. The highest BCUT2D eigenvalue weighted by atomic mass is 15.3. The maximum absolute atomic E-state index is 4.59. The third-order valence-corrected chi connectivity index (χ3v) is 4.71. The number of nitrogens with zero attached hydrogens (tertiary/aromatic N) is 6. The topological polar surface area (TPSA) is 71.8 Å². The van der Waals surface area contributed by atoms with Crippen molar-refractivity contribution >= 4 is 5.82 Å². The maximum Gasteiger partial charge on any atom is 0.173 e. The Morgan fingerprint density at radius 1 is 1.16 bits per heavy atom. The molecule has 0 amide bonds. The van der Waals surface area contributed by atoms with Crippen molar-refractivity contribution in [3.8, 4) is 5.82 Å². The Bertz CT molecular complexity index is 803. The van der Waals surface area contributed by atoms with Crippen LogP contribution in [0.4, 0.5) is 5.82 Å². The van der Waals surface area contributed by atoms with E-state index in [4.69, 9.17) is 0 Å². The molecule has 7 nitrogen and oxygen atoms in total. The van der Waals surface area contributed by atoms with Crippen molar-refractivity contribution in [3.05, 3.63) is 60.9 Å². The number of pyridine rings is 1. The Kier molecular flexibility index (Phi) is 4.39. The van der Waals surface area contributed by atoms with Crippen LogP contribution < -0.4 is 5.32 Å². The van der Waals surface area contributed by atoms with E-state index in [1.165, 1.54) is 5.56 Å². The van der Waals surface area contributed by atoms with Crippen LogP contribution in [0.25, 0.3) is 5.82 Å². The molecule has 3 aromatic rings. The fraction of sp³-hybridized carbons (Fsp3) is 0.333. The normalized spacial score (nSPS) is 20.7. The summed E-state index contributed by atoms with van der Waals surface area (Å²) in [5.74, 6) is 1.99. The molecule has 1 saturated heterocycles. The Hall–Kier alpha value is -2.80. The molecule has 1 aliphatic heterocycles. The molecule has 128 valence electrons. The molecule has 4 rings (SSSR count). The van der Waals surface area contributed by atoms with Gasteiger partial charge in [-0.15, -0.1) is 0 Å². The molecule has 3 aromatic heterocycles. The van der Waals surface area contributed by atoms with Crippen LogP contribution in [0.5, 0.6) is 0 Å². The van der Waals surface area contributed by atoms with Gasteiger partial charge in [0.1, 0.15) is 5.82 Å². The summed E-state index contributed by atoms with van der Waals surface area (Å²) in [6.45, 7) is 1.94. The van der Waals surface area contributed by atoms with Gasteiger partial charge >= 0.3 is 0 Å². The number of likely N-dealkylation sites (tertiary alicyclic amines) is 1. The van der Waals surface area contributed by atoms with Crippen molar-refractivity contribution in [2.75, 3.05) is 25.5 Å². The molecule has 0 aromatic carbocycles. The third kappa shape index (κ3) is 3.36. The zero-order valence-electron chi connectivity index (χ0n) is 14.2. The van der Waals surface area contributed by atoms with Gasteiger partial charge in [-0.3, -0.25) is 14.9 Å². The van der Waals surface area contributed by atoms with Crippen LogP contribution >= 0.6 is 0 Å². The van der Waals surface area contributed by atoms with Crippen LogP contribution in [0.2, 0.25) is 0 Å². The first kappa shape index (κ1) is 15.7. The zero-order valence-corrected chi connectivity index (χ0v) is 14.2. The van der Waals surface area contributed by atoms with Crippen LogP contribution in [0.1, 0.15) is 18.0 Å². The van der Waals surface area contributed by atoms with Crippen molar-refractivity contribution in [3.63, 3.8) is 0 Å². The molecular formula is C18H21N7. The minimum atomic E-state index is 0.378. The molecule has 7 heteroatoms. The van der Waals surface area contributed by atoms with Crippen molar-refractivity contribution in [1.82, 2.24) is 29.6 Å². The number of anilines is 1. The van der Waals surface area contributed by atoms with Gasteiger partial charge in [0.15, 0.2) is 5.82 Å². The highest BCUT2D eigenvalue weighted by Gasteiger charge is 2.32. The van der Waals surface area contributed by atoms with Gasteiger partial charge in [-0.1, -0.05) is 6.07 Å². The summed E-state index contributed by atoms with van der Waals surface area (Å²) in [4.78, 5) is 15.5. The van der Waals surface area contributed by atoms with Gasteiger partial charge < -0.3 is 5.32 Å². The number of nitrogens with one attached hydrogen (secondary N) is 1. The zero-order chi connectivity index (χ0) is 17.1. The molecule has 0 unspecified atom stereocenters. The molecule has 1 N–H and O–H groups in total. The average Bonchev–Trinajstić information content (AvgIpc) is 3.31. The third-order valence-electron chi connectivity index (χ3n) is 4.71. The summed E-state index contributed by atoms with van der Waals surface area (Å²) in [5.41, 5.74) is 1.27. The van der Waals surface area contributed by atoms with Gasteiger partial charge in [0.25, 0.3) is 0 Å². The van der Waals surface area contributed by atoms with E-state index in [-0.39, 0.29) is 0 Å². The molecule has 0 radical (unpaired) electrons. The van der Waals surface area contributed by atoms with Crippen LogP contribution in [-0.2, 0) is 0 Å². The molecule has 0 saturated carbocycles. The first-order valence-electron chi connectivity index (χ1n) is 8.47. The molecule has 25 heavy (non-hydrogen) atoms. The van der Waals surface area contributed by atoms with Crippen molar-refractivity contribution in [2.24, 2.45) is 5.92 Å². The SMILES string of the molecule is CN1CC[C@@H](CNc2cncc(-n3cccn3)n2)[C@@H]1c1cccnc1. The summed E-state index contributed by atoms with van der Waals surface area (Å²) in [6.07, 6.45) is 12.0. The molecule has 1 fully saturated rings. The number of hydrogen-bond acceptors (Lipinski definition) is 6. The van der Waals surface area contributed by atoms with Gasteiger partial charge in [-0.05, 0) is 43.6 Å². The van der Waals surface area contributed by atoms with E-state index in [0.717, 1.165) is 25.3 Å². The lowest BCUT2D eigenvalue weighted by atomic mass is 9.95. The first-order chi connectivity index (χ1) is 12.3. The second-order valence-corrected chi connectivity index (χ2v) is 6.35. The second kappa shape index (κ2) is 6.98. The van der Waals surface area contributed by atoms with Gasteiger partial charge in [-0.25, -0.2) is 9.67 Å². The maximum atomic E-state index is 4.59. The van der Waals surface area contributed by atoms with Crippen molar-refractivity contribution in [2.45, 2.75) is 12.5 Å². The standard InChI is InChI=1S/C18H21N7/c1-24-9-5-15(18(24)14-4-2-6-19-10-14)11-21-16-12-20-13-17(23-16)25-8-3-7-22-25/h2-4,6-8,10,12-13,15,18H,5,9,11H2,1H3,(H,21,23)/t15-,18-/m0/s1. The Morgan fingerprint density at radius 2 is 2.12 bits per heavy atom. The Morgan fingerprint density at radius 3 is 2.92 bits per heavy atom. The number of aromatic nitrogens is 5. The van der Waals surface area contributed by atoms with E-state index < -0.39 is 0 Å². The minimum Gasteiger partial charge on any atom is -0.368 e. The summed E-state index contributed by atoms with van der Waals surface area (Å²) in [7, 11) is 2.18. The molecule has 0 aliphatic carbocycles. The molecule has 1 aliphatic rings. The van der Waals surface area contributed by atoms with Crippen molar-refractivity contribution in [1.29, 1.82) is 0 Å². The van der Waals surface area contributed by atoms with E-state index >= 15 is 0 Å². The Balaban J connectivity index is 1.47. The Labute approximate surface area is 146 Å². The molecule has 2 atom stereocenters. The largest absolute Gasteiger partial charge is 0.368 e. The summed E-state index contributed by atoms with van der Waals surface area (Å²) in [5, 5.41) is 7.65. The van der Waals surface area contributed by atoms with E-state index in [0.29, 0.717) is 17.8 Å². The summed E-state index contributed by atoms with van der Waals surface area (Å²) < 4.78 is 1.71. The summed E-state index contributed by atoms with van der Waals surface area (Å²) >= 11 is 0. The van der Waals surface area contributed by atoms with Gasteiger partial charge in [0.2, 0.25) is 0 Å². The predicted molar refractivity (Wildman–Crippen MR) is 95.4 cm³/mol. The second-order valence-electron chi connectivity index (χ2n) is 6.35. The van der Waals surface area contributed by atoms with Gasteiger partial charge in [0.05, 0.1) is 12.4 Å². The fourth-order valence-electron chi connectivity index (χ4n) is 3.51. The first-order valence-corrected chi connectivity index (χ1v) is 8.47. The lowest BCUT2D eigenvalue weighted by molar-refractivity contribution is 0.281. The fourth-order valence-corrected chi connectivity index (χ4v) is 3.51. The quantitative estimate of drug-likeness (QED) is 0.770. The number of rotatable bonds is 5. The minimum absolute atomic E-state index is 0.378. The molecule has 0 bridgehead atoms. The van der Waals surface area contributed by atoms with E-state index in [1.54, 1.807) is 23.3 Å². The lowest BCUT2D eigenvalue weighted by Crippen LogP contribution is -2.25. The molecule has 4 heterocycles. The van der Waals surface area contributed by atoms with E-state index in [2.05, 4.69) is 43.4 Å². The van der Waals surface area contributed by atoms with Crippen LogP contribution in [-0.4, -0.2) is 49.8 Å².